The largest absolute Gasteiger partial charge is 0.0619 e. The topological polar surface area (TPSA) is 0 Å². The highest BCUT2D eigenvalue weighted by Crippen LogP contribution is 2.52. The molecular formula is C39H28. The first kappa shape index (κ1) is 22.3. The molecule has 7 aromatic rings. The van der Waals surface area contributed by atoms with Gasteiger partial charge in [0.05, 0.1) is 0 Å². The predicted octanol–water partition coefficient (Wildman–Crippen LogP) is 10.8. The van der Waals surface area contributed by atoms with E-state index in [2.05, 4.69) is 147 Å². The zero-order valence-corrected chi connectivity index (χ0v) is 22.2. The fraction of sp³-hybridized carbons (Fsp3) is 0.0769. The van der Waals surface area contributed by atoms with Crippen molar-refractivity contribution in [3.63, 3.8) is 0 Å². The summed E-state index contributed by atoms with van der Waals surface area (Å²) in [5, 5.41) is 7.83. The van der Waals surface area contributed by atoms with E-state index in [1.165, 1.54) is 76.8 Å². The van der Waals surface area contributed by atoms with Gasteiger partial charge in [-0.25, -0.2) is 0 Å². The summed E-state index contributed by atoms with van der Waals surface area (Å²) in [6.45, 7) is 4.69. The zero-order valence-electron chi connectivity index (χ0n) is 22.2. The molecule has 0 N–H and O–H groups in total. The number of hydrogen-bond acceptors (Lipinski definition) is 0. The quantitative estimate of drug-likeness (QED) is 0.209. The van der Waals surface area contributed by atoms with Gasteiger partial charge in [-0.05, 0) is 82.9 Å². The summed E-state index contributed by atoms with van der Waals surface area (Å²) >= 11 is 0. The Morgan fingerprint density at radius 2 is 1.00 bits per heavy atom. The maximum Gasteiger partial charge on any atom is 0.0159 e. The normalized spacial score (nSPS) is 13.6. The second kappa shape index (κ2) is 8.16. The lowest BCUT2D eigenvalue weighted by Gasteiger charge is -2.21. The molecule has 0 heterocycles. The summed E-state index contributed by atoms with van der Waals surface area (Å²) < 4.78 is 0. The van der Waals surface area contributed by atoms with E-state index in [1.807, 2.05) is 0 Å². The lowest BCUT2D eigenvalue weighted by Crippen LogP contribution is -2.14. The summed E-state index contributed by atoms with van der Waals surface area (Å²) in [7, 11) is 0. The first-order chi connectivity index (χ1) is 19.1. The molecule has 0 atom stereocenters. The van der Waals surface area contributed by atoms with Crippen LogP contribution in [0.5, 0.6) is 0 Å². The van der Waals surface area contributed by atoms with Gasteiger partial charge in [0.2, 0.25) is 0 Å². The van der Waals surface area contributed by atoms with Crippen LogP contribution in [0.1, 0.15) is 25.0 Å². The number of hydrogen-bond donors (Lipinski definition) is 0. The van der Waals surface area contributed by atoms with E-state index < -0.39 is 0 Å². The predicted molar refractivity (Wildman–Crippen MR) is 167 cm³/mol. The van der Waals surface area contributed by atoms with Gasteiger partial charge in [0.25, 0.3) is 0 Å². The second-order valence-electron chi connectivity index (χ2n) is 11.3. The number of rotatable bonds is 2. The Morgan fingerprint density at radius 1 is 0.410 bits per heavy atom. The van der Waals surface area contributed by atoms with Gasteiger partial charge in [-0.2, -0.15) is 0 Å². The van der Waals surface area contributed by atoms with Crippen molar-refractivity contribution in [2.45, 2.75) is 19.3 Å². The lowest BCUT2D eigenvalue weighted by atomic mass is 9.82. The maximum absolute atomic E-state index is 2.37. The van der Waals surface area contributed by atoms with Crippen LogP contribution < -0.4 is 0 Å². The van der Waals surface area contributed by atoms with Crippen LogP contribution in [0, 0.1) is 0 Å². The van der Waals surface area contributed by atoms with Gasteiger partial charge in [-0.3, -0.25) is 0 Å². The summed E-state index contributed by atoms with van der Waals surface area (Å²) in [6, 6.07) is 49.4. The third kappa shape index (κ3) is 3.18. The maximum atomic E-state index is 2.37. The molecule has 0 radical (unpaired) electrons. The molecule has 0 amide bonds. The molecule has 1 aliphatic rings. The molecule has 184 valence electrons. The minimum atomic E-state index is 0.00998. The molecule has 0 heteroatoms. The summed E-state index contributed by atoms with van der Waals surface area (Å²) in [6.07, 6.45) is 0. The molecule has 7 aromatic carbocycles. The standard InChI is InChI=1S/C39H28/c1-39(2)35-16-8-7-14-33(35)38-30(15-9-17-36(38)39)26-18-20-27(21-19-26)34-24-28-23-22-25-10-3-4-11-29(25)37(28)32-13-6-5-12-31(32)34/h3-24H,1-2H3. The molecule has 0 saturated heterocycles. The van der Waals surface area contributed by atoms with Gasteiger partial charge in [0, 0.05) is 5.41 Å². The van der Waals surface area contributed by atoms with Crippen molar-refractivity contribution in [3.8, 4) is 33.4 Å². The van der Waals surface area contributed by atoms with E-state index in [4.69, 9.17) is 0 Å². The molecule has 0 fully saturated rings. The van der Waals surface area contributed by atoms with Gasteiger partial charge in [0.15, 0.2) is 0 Å². The van der Waals surface area contributed by atoms with Crippen molar-refractivity contribution in [1.82, 2.24) is 0 Å². The van der Waals surface area contributed by atoms with Gasteiger partial charge in [-0.1, -0.05) is 141 Å². The number of benzene rings is 7. The molecular weight excluding hydrogens is 468 g/mol. The highest BCUT2D eigenvalue weighted by molar-refractivity contribution is 6.23. The first-order valence-electron chi connectivity index (χ1n) is 13.8. The van der Waals surface area contributed by atoms with Crippen molar-refractivity contribution < 1.29 is 0 Å². The fourth-order valence-electron chi connectivity index (χ4n) is 6.94. The van der Waals surface area contributed by atoms with Gasteiger partial charge in [0.1, 0.15) is 0 Å². The van der Waals surface area contributed by atoms with Crippen molar-refractivity contribution in [2.75, 3.05) is 0 Å². The minimum absolute atomic E-state index is 0.00998. The molecule has 0 aliphatic heterocycles. The molecule has 0 nitrogen and oxygen atoms in total. The highest BCUT2D eigenvalue weighted by Gasteiger charge is 2.36. The van der Waals surface area contributed by atoms with E-state index in [1.54, 1.807) is 0 Å². The third-order valence-electron chi connectivity index (χ3n) is 8.86. The van der Waals surface area contributed by atoms with Gasteiger partial charge >= 0.3 is 0 Å². The Bertz CT molecular complexity index is 2070. The molecule has 0 bridgehead atoms. The van der Waals surface area contributed by atoms with E-state index in [9.17, 15) is 0 Å². The Balaban J connectivity index is 1.31. The molecule has 8 rings (SSSR count). The SMILES string of the molecule is CC1(C)c2ccccc2-c2c(-c3ccc(-c4cc5ccc6ccccc6c5c5ccccc45)cc3)cccc21. The fourth-order valence-corrected chi connectivity index (χ4v) is 6.94. The van der Waals surface area contributed by atoms with Crippen LogP contribution in [0.15, 0.2) is 133 Å². The van der Waals surface area contributed by atoms with Crippen LogP contribution in [0.3, 0.4) is 0 Å². The lowest BCUT2D eigenvalue weighted by molar-refractivity contribution is 0.660. The van der Waals surface area contributed by atoms with E-state index in [-0.39, 0.29) is 5.41 Å². The molecule has 0 aromatic heterocycles. The molecule has 39 heavy (non-hydrogen) atoms. The molecule has 0 unspecified atom stereocenters. The van der Waals surface area contributed by atoms with Crippen LogP contribution in [-0.2, 0) is 5.41 Å². The molecule has 0 saturated carbocycles. The van der Waals surface area contributed by atoms with Crippen LogP contribution in [-0.4, -0.2) is 0 Å². The number of fused-ring (bicyclic) bond motifs is 8. The molecule has 1 aliphatic carbocycles. The Kier molecular flexibility index (Phi) is 4.67. The zero-order chi connectivity index (χ0) is 26.1. The third-order valence-corrected chi connectivity index (χ3v) is 8.86. The second-order valence-corrected chi connectivity index (χ2v) is 11.3. The minimum Gasteiger partial charge on any atom is -0.0619 e. The average molecular weight is 497 g/mol. The molecule has 0 spiro atoms. The van der Waals surface area contributed by atoms with Crippen molar-refractivity contribution in [1.29, 1.82) is 0 Å². The Morgan fingerprint density at radius 3 is 1.82 bits per heavy atom. The first-order valence-corrected chi connectivity index (χ1v) is 13.8. The Hall–Kier alpha value is -4.68. The van der Waals surface area contributed by atoms with Crippen LogP contribution >= 0.6 is 0 Å². The monoisotopic (exact) mass is 496 g/mol. The summed E-state index contributed by atoms with van der Waals surface area (Å²) in [5.74, 6) is 0. The van der Waals surface area contributed by atoms with Crippen LogP contribution in [0.4, 0.5) is 0 Å². The van der Waals surface area contributed by atoms with Gasteiger partial charge < -0.3 is 0 Å². The van der Waals surface area contributed by atoms with Crippen molar-refractivity contribution >= 4 is 32.3 Å². The highest BCUT2D eigenvalue weighted by atomic mass is 14.4. The van der Waals surface area contributed by atoms with E-state index in [0.717, 1.165) is 0 Å². The van der Waals surface area contributed by atoms with E-state index in [0.29, 0.717) is 0 Å². The van der Waals surface area contributed by atoms with Crippen LogP contribution in [0.25, 0.3) is 65.7 Å². The van der Waals surface area contributed by atoms with E-state index >= 15 is 0 Å². The average Bonchev–Trinajstić information content (AvgIpc) is 3.23. The van der Waals surface area contributed by atoms with Gasteiger partial charge in [-0.15, -0.1) is 0 Å². The summed E-state index contributed by atoms with van der Waals surface area (Å²) in [5.41, 5.74) is 10.7. The smallest absolute Gasteiger partial charge is 0.0159 e. The van der Waals surface area contributed by atoms with Crippen molar-refractivity contribution in [3.05, 3.63) is 145 Å². The Labute approximate surface area is 229 Å². The summed E-state index contributed by atoms with van der Waals surface area (Å²) in [4.78, 5) is 0. The van der Waals surface area contributed by atoms with Crippen molar-refractivity contribution in [2.24, 2.45) is 0 Å². The van der Waals surface area contributed by atoms with Crippen LogP contribution in [0.2, 0.25) is 0 Å².